The normalized spacial score (nSPS) is 11.4. The summed E-state index contributed by atoms with van der Waals surface area (Å²) in [6.07, 6.45) is -0.151. The highest BCUT2D eigenvalue weighted by molar-refractivity contribution is 6.31. The number of halogens is 1. The van der Waals surface area contributed by atoms with Crippen molar-refractivity contribution >= 4 is 34.8 Å². The molecule has 3 aromatic carbocycles. The van der Waals surface area contributed by atoms with Gasteiger partial charge in [-0.3, -0.25) is 9.59 Å². The van der Waals surface area contributed by atoms with Gasteiger partial charge in [0.15, 0.2) is 18.2 Å². The fourth-order valence-electron chi connectivity index (χ4n) is 3.12. The van der Waals surface area contributed by atoms with Crippen molar-refractivity contribution in [3.8, 4) is 5.75 Å². The number of hydrogen-bond donors (Lipinski definition) is 1. The first-order valence-corrected chi connectivity index (χ1v) is 10.7. The Bertz CT molecular complexity index is 1150. The largest absolute Gasteiger partial charge is 0.497 e. The van der Waals surface area contributed by atoms with Crippen molar-refractivity contribution in [1.29, 1.82) is 0 Å². The number of aryl methyl sites for hydroxylation is 1. The van der Waals surface area contributed by atoms with Gasteiger partial charge < -0.3 is 14.8 Å². The van der Waals surface area contributed by atoms with Crippen molar-refractivity contribution in [3.63, 3.8) is 0 Å². The average Bonchev–Trinajstić information content (AvgIpc) is 2.84. The molecule has 170 valence electrons. The number of methoxy groups -OCH3 is 1. The highest BCUT2D eigenvalue weighted by atomic mass is 35.5. The van der Waals surface area contributed by atoms with Crippen LogP contribution in [-0.2, 0) is 9.53 Å². The molecule has 7 heteroatoms. The second-order valence-corrected chi connectivity index (χ2v) is 7.82. The van der Waals surface area contributed by atoms with Crippen LogP contribution < -0.4 is 10.1 Å². The molecule has 0 aromatic heterocycles. The maximum absolute atomic E-state index is 12.9. The standard InChI is InChI=1S/C26H24ClNO5/c1-17-11-12-20(14-22(17)27)28-23(15-24(29)18-7-4-3-5-8-18)26(31)33-16-25(30)19-9-6-10-21(13-19)32-2/h3-14,23,28H,15-16H2,1-2H3/t23-/m1/s1. The smallest absolute Gasteiger partial charge is 0.329 e. The van der Waals surface area contributed by atoms with Crippen molar-refractivity contribution in [2.24, 2.45) is 0 Å². The molecule has 3 rings (SSSR count). The highest BCUT2D eigenvalue weighted by Gasteiger charge is 2.25. The van der Waals surface area contributed by atoms with Gasteiger partial charge in [-0.15, -0.1) is 0 Å². The summed E-state index contributed by atoms with van der Waals surface area (Å²) < 4.78 is 10.4. The maximum atomic E-state index is 12.9. The minimum atomic E-state index is -1.01. The van der Waals surface area contributed by atoms with E-state index in [-0.39, 0.29) is 18.0 Å². The molecule has 0 fully saturated rings. The fraction of sp³-hybridized carbons (Fsp3) is 0.192. The molecule has 0 amide bonds. The topological polar surface area (TPSA) is 81.7 Å². The van der Waals surface area contributed by atoms with E-state index in [1.807, 2.05) is 6.92 Å². The Morgan fingerprint density at radius 3 is 2.33 bits per heavy atom. The van der Waals surface area contributed by atoms with Gasteiger partial charge in [-0.25, -0.2) is 4.79 Å². The molecule has 0 spiro atoms. The Morgan fingerprint density at radius 2 is 1.64 bits per heavy atom. The number of Topliss-reactive ketones (excluding diaryl/α,β-unsaturated/α-hetero) is 2. The molecule has 0 saturated carbocycles. The molecule has 0 unspecified atom stereocenters. The van der Waals surface area contributed by atoms with Gasteiger partial charge in [-0.05, 0) is 36.8 Å². The molecule has 1 N–H and O–H groups in total. The average molecular weight is 466 g/mol. The predicted molar refractivity (Wildman–Crippen MR) is 127 cm³/mol. The van der Waals surface area contributed by atoms with Crippen LogP contribution in [0.25, 0.3) is 0 Å². The summed E-state index contributed by atoms with van der Waals surface area (Å²) in [5.74, 6) is -0.806. The van der Waals surface area contributed by atoms with Gasteiger partial charge in [0, 0.05) is 28.3 Å². The van der Waals surface area contributed by atoms with Gasteiger partial charge in [0.1, 0.15) is 11.8 Å². The Hall–Kier alpha value is -3.64. The summed E-state index contributed by atoms with van der Waals surface area (Å²) in [6, 6.07) is 19.5. The van der Waals surface area contributed by atoms with Crippen LogP contribution in [0.2, 0.25) is 5.02 Å². The van der Waals surface area contributed by atoms with Crippen LogP contribution in [0.15, 0.2) is 72.8 Å². The van der Waals surface area contributed by atoms with Crippen molar-refractivity contribution in [1.82, 2.24) is 0 Å². The lowest BCUT2D eigenvalue weighted by Gasteiger charge is -2.19. The highest BCUT2D eigenvalue weighted by Crippen LogP contribution is 2.22. The Morgan fingerprint density at radius 1 is 0.909 bits per heavy atom. The zero-order valence-corrected chi connectivity index (χ0v) is 19.1. The number of esters is 1. The third-order valence-electron chi connectivity index (χ3n) is 5.02. The summed E-state index contributed by atoms with van der Waals surface area (Å²) in [7, 11) is 1.50. The fourth-order valence-corrected chi connectivity index (χ4v) is 3.30. The van der Waals surface area contributed by atoms with Gasteiger partial charge >= 0.3 is 5.97 Å². The molecular formula is C26H24ClNO5. The molecule has 6 nitrogen and oxygen atoms in total. The van der Waals surface area contributed by atoms with E-state index in [0.717, 1.165) is 5.56 Å². The first-order valence-electron chi connectivity index (χ1n) is 10.3. The van der Waals surface area contributed by atoms with E-state index in [9.17, 15) is 14.4 Å². The number of carbonyl (C=O) groups is 3. The Kier molecular flexibility index (Phi) is 8.22. The van der Waals surface area contributed by atoms with E-state index in [4.69, 9.17) is 21.1 Å². The van der Waals surface area contributed by atoms with Gasteiger partial charge in [0.25, 0.3) is 0 Å². The second-order valence-electron chi connectivity index (χ2n) is 7.42. The number of ether oxygens (including phenoxy) is 2. The van der Waals surface area contributed by atoms with Crippen LogP contribution in [0.3, 0.4) is 0 Å². The Labute approximate surface area is 197 Å². The maximum Gasteiger partial charge on any atom is 0.329 e. The monoisotopic (exact) mass is 465 g/mol. The van der Waals surface area contributed by atoms with Crippen LogP contribution in [-0.4, -0.2) is 37.3 Å². The van der Waals surface area contributed by atoms with Crippen LogP contribution in [0.1, 0.15) is 32.7 Å². The summed E-state index contributed by atoms with van der Waals surface area (Å²) in [5.41, 5.74) is 2.28. The quantitative estimate of drug-likeness (QED) is 0.330. The molecule has 0 radical (unpaired) electrons. The van der Waals surface area contributed by atoms with E-state index in [2.05, 4.69) is 5.32 Å². The Balaban J connectivity index is 1.73. The van der Waals surface area contributed by atoms with Crippen LogP contribution in [0.4, 0.5) is 5.69 Å². The molecular weight excluding hydrogens is 442 g/mol. The summed E-state index contributed by atoms with van der Waals surface area (Å²) in [5, 5.41) is 3.54. The SMILES string of the molecule is COc1cccc(C(=O)COC(=O)[C@@H](CC(=O)c2ccccc2)Nc2ccc(C)c(Cl)c2)c1. The van der Waals surface area contributed by atoms with E-state index >= 15 is 0 Å². The zero-order valence-electron chi connectivity index (χ0n) is 18.3. The number of ketones is 2. The summed E-state index contributed by atoms with van der Waals surface area (Å²) in [4.78, 5) is 38.1. The van der Waals surface area contributed by atoms with E-state index in [0.29, 0.717) is 27.6 Å². The van der Waals surface area contributed by atoms with Crippen molar-refractivity contribution in [3.05, 3.63) is 94.5 Å². The number of benzene rings is 3. The molecule has 1 atom stereocenters. The molecule has 33 heavy (non-hydrogen) atoms. The van der Waals surface area contributed by atoms with E-state index in [1.165, 1.54) is 7.11 Å². The number of rotatable bonds is 10. The minimum Gasteiger partial charge on any atom is -0.497 e. The van der Waals surface area contributed by atoms with E-state index in [1.54, 1.807) is 72.8 Å². The van der Waals surface area contributed by atoms with E-state index < -0.39 is 18.6 Å². The number of anilines is 1. The summed E-state index contributed by atoms with van der Waals surface area (Å²) >= 11 is 6.20. The molecule has 0 aliphatic carbocycles. The number of nitrogens with one attached hydrogen (secondary N) is 1. The summed E-state index contributed by atoms with van der Waals surface area (Å²) in [6.45, 7) is 1.40. The van der Waals surface area contributed by atoms with Crippen LogP contribution in [0.5, 0.6) is 5.75 Å². The first-order chi connectivity index (χ1) is 15.9. The molecule has 0 heterocycles. The molecule has 0 saturated heterocycles. The third-order valence-corrected chi connectivity index (χ3v) is 5.43. The van der Waals surface area contributed by atoms with Gasteiger partial charge in [-0.2, -0.15) is 0 Å². The van der Waals surface area contributed by atoms with Gasteiger partial charge in [-0.1, -0.05) is 60.1 Å². The molecule has 3 aromatic rings. The number of hydrogen-bond acceptors (Lipinski definition) is 6. The van der Waals surface area contributed by atoms with Crippen molar-refractivity contribution < 1.29 is 23.9 Å². The van der Waals surface area contributed by atoms with Gasteiger partial charge in [0.05, 0.1) is 7.11 Å². The zero-order chi connectivity index (χ0) is 23.8. The lowest BCUT2D eigenvalue weighted by molar-refractivity contribution is -0.143. The predicted octanol–water partition coefficient (Wildman–Crippen LogP) is 5.14. The lowest BCUT2D eigenvalue weighted by Crippen LogP contribution is -2.34. The molecule has 0 bridgehead atoms. The second kappa shape index (κ2) is 11.3. The molecule has 0 aliphatic rings. The lowest BCUT2D eigenvalue weighted by atomic mass is 10.0. The van der Waals surface area contributed by atoms with Crippen LogP contribution in [0, 0.1) is 6.92 Å². The van der Waals surface area contributed by atoms with Crippen LogP contribution >= 0.6 is 11.6 Å². The third kappa shape index (κ3) is 6.67. The van der Waals surface area contributed by atoms with Gasteiger partial charge in [0.2, 0.25) is 0 Å². The first kappa shape index (κ1) is 24.0. The van der Waals surface area contributed by atoms with Crippen molar-refractivity contribution in [2.75, 3.05) is 19.0 Å². The molecule has 0 aliphatic heterocycles. The van der Waals surface area contributed by atoms with Crippen molar-refractivity contribution in [2.45, 2.75) is 19.4 Å². The number of carbonyl (C=O) groups excluding carboxylic acids is 3. The minimum absolute atomic E-state index is 0.151.